The number of amides is 1. The molecule has 0 aliphatic carbocycles. The summed E-state index contributed by atoms with van der Waals surface area (Å²) in [7, 11) is 1.15. The van der Waals surface area contributed by atoms with Crippen LogP contribution in [0.1, 0.15) is 43.1 Å². The molecule has 1 fully saturated rings. The molecule has 0 aromatic carbocycles. The van der Waals surface area contributed by atoms with Crippen molar-refractivity contribution < 1.29 is 41.3 Å². The molecule has 1 aliphatic heterocycles. The van der Waals surface area contributed by atoms with E-state index < -0.39 is 47.7 Å². The number of nitrogens with zero attached hydrogens (tertiary/aromatic N) is 2. The van der Waals surface area contributed by atoms with Crippen molar-refractivity contribution in [2.24, 2.45) is 5.92 Å². The first-order chi connectivity index (χ1) is 15.4. The van der Waals surface area contributed by atoms with Crippen LogP contribution < -0.4 is 10.1 Å². The van der Waals surface area contributed by atoms with Crippen molar-refractivity contribution in [3.8, 4) is 5.88 Å². The normalized spacial score (nSPS) is 25.3. The Morgan fingerprint density at radius 2 is 2.00 bits per heavy atom. The lowest BCUT2D eigenvalue weighted by Crippen LogP contribution is -2.47. The zero-order chi connectivity index (χ0) is 24.6. The van der Waals surface area contributed by atoms with E-state index in [1.165, 1.54) is 31.3 Å². The average molecular weight is 475 g/mol. The van der Waals surface area contributed by atoms with E-state index in [4.69, 9.17) is 14.6 Å². The first kappa shape index (κ1) is 24.8. The van der Waals surface area contributed by atoms with Gasteiger partial charge in [0.05, 0.1) is 31.3 Å². The van der Waals surface area contributed by atoms with Crippen molar-refractivity contribution in [1.82, 2.24) is 9.97 Å². The summed E-state index contributed by atoms with van der Waals surface area (Å²) in [5.74, 6) is -3.71. The van der Waals surface area contributed by atoms with E-state index >= 15 is 0 Å². The molecule has 33 heavy (non-hydrogen) atoms. The number of anilines is 1. The van der Waals surface area contributed by atoms with Crippen LogP contribution in [-0.4, -0.2) is 46.0 Å². The number of aliphatic hydroxyl groups is 1. The van der Waals surface area contributed by atoms with Gasteiger partial charge in [-0.15, -0.1) is 0 Å². The maximum atomic E-state index is 13.9. The van der Waals surface area contributed by atoms with Gasteiger partial charge in [-0.2, -0.15) is 13.2 Å². The molecule has 0 unspecified atom stereocenters. The van der Waals surface area contributed by atoms with Crippen molar-refractivity contribution in [3.05, 3.63) is 47.4 Å². The molecular weight excluding hydrogens is 453 g/mol. The van der Waals surface area contributed by atoms with Crippen LogP contribution in [0.15, 0.2) is 30.5 Å². The number of rotatable bonds is 6. The van der Waals surface area contributed by atoms with Crippen LogP contribution in [-0.2, 0) is 16.1 Å². The number of alkyl halides is 5. The van der Waals surface area contributed by atoms with Gasteiger partial charge in [-0.3, -0.25) is 9.78 Å². The number of pyridine rings is 2. The number of methoxy groups -OCH3 is 1. The van der Waals surface area contributed by atoms with Crippen molar-refractivity contribution in [2.45, 2.75) is 50.7 Å². The fourth-order valence-electron chi connectivity index (χ4n) is 3.83. The Hall–Kier alpha value is -2.86. The van der Waals surface area contributed by atoms with Gasteiger partial charge in [-0.05, 0) is 25.1 Å². The molecular formula is C21H22F5N3O4. The van der Waals surface area contributed by atoms with Crippen molar-refractivity contribution in [1.29, 1.82) is 0 Å². The minimum atomic E-state index is -4.83. The third-order valence-corrected chi connectivity index (χ3v) is 5.87. The maximum absolute atomic E-state index is 13.9. The van der Waals surface area contributed by atoms with Gasteiger partial charge < -0.3 is 19.9 Å². The van der Waals surface area contributed by atoms with Crippen LogP contribution in [0, 0.1) is 5.92 Å². The van der Waals surface area contributed by atoms with Crippen LogP contribution >= 0.6 is 0 Å². The first-order valence-electron chi connectivity index (χ1n) is 9.87. The average Bonchev–Trinajstić information content (AvgIpc) is 3.05. The maximum Gasteiger partial charge on any atom is 0.417 e. The molecule has 0 spiro atoms. The van der Waals surface area contributed by atoms with E-state index in [-0.39, 0.29) is 23.7 Å². The number of hydrogen-bond acceptors (Lipinski definition) is 6. The Kier molecular flexibility index (Phi) is 6.89. The monoisotopic (exact) mass is 475 g/mol. The minimum Gasteiger partial charge on any atom is -0.481 e. The van der Waals surface area contributed by atoms with Gasteiger partial charge in [0.1, 0.15) is 11.8 Å². The number of aromatic nitrogens is 2. The minimum absolute atomic E-state index is 0.0382. The van der Waals surface area contributed by atoms with Gasteiger partial charge >= 0.3 is 6.18 Å². The third kappa shape index (κ3) is 4.62. The SMILES string of the molecule is COc1nc(C(F)F)ccc1[C@@H]1[C@@H](C(=O)Nc2ccc(CO)nc2)O[C@](C)(C(F)(F)F)[C@@H]1C. The molecule has 0 bridgehead atoms. The molecule has 7 nitrogen and oxygen atoms in total. The van der Waals surface area contributed by atoms with Gasteiger partial charge in [0.2, 0.25) is 5.88 Å². The molecule has 12 heteroatoms. The Morgan fingerprint density at radius 3 is 2.52 bits per heavy atom. The predicted molar refractivity (Wildman–Crippen MR) is 106 cm³/mol. The van der Waals surface area contributed by atoms with Crippen molar-refractivity contribution in [2.75, 3.05) is 12.4 Å². The highest BCUT2D eigenvalue weighted by molar-refractivity contribution is 5.95. The molecule has 4 atom stereocenters. The summed E-state index contributed by atoms with van der Waals surface area (Å²) < 4.78 is 78.4. The van der Waals surface area contributed by atoms with E-state index in [2.05, 4.69) is 15.3 Å². The molecule has 180 valence electrons. The highest BCUT2D eigenvalue weighted by atomic mass is 19.4. The molecule has 2 aromatic heterocycles. The van der Waals surface area contributed by atoms with Crippen molar-refractivity contribution >= 4 is 11.6 Å². The number of carbonyl (C=O) groups excluding carboxylic acids is 1. The third-order valence-electron chi connectivity index (χ3n) is 5.87. The number of carbonyl (C=O) groups is 1. The van der Waals surface area contributed by atoms with Gasteiger partial charge in [-0.1, -0.05) is 13.0 Å². The van der Waals surface area contributed by atoms with E-state index in [1.54, 1.807) is 0 Å². The highest BCUT2D eigenvalue weighted by Crippen LogP contribution is 2.54. The quantitative estimate of drug-likeness (QED) is 0.614. The highest BCUT2D eigenvalue weighted by Gasteiger charge is 2.65. The Balaban J connectivity index is 2.03. The number of nitrogens with one attached hydrogen (secondary N) is 1. The zero-order valence-corrected chi connectivity index (χ0v) is 17.9. The van der Waals surface area contributed by atoms with E-state index in [0.29, 0.717) is 5.69 Å². The number of halogens is 5. The fourth-order valence-corrected chi connectivity index (χ4v) is 3.83. The standard InChI is InChI=1S/C21H22F5N3O4/c1-10-15(13-6-7-14(17(22)23)29-19(13)32-3)16(33-20(10,2)21(24,25)26)18(31)28-11-4-5-12(9-30)27-8-11/h4-8,10,15-17,30H,9H2,1-3H3,(H,28,31)/t10-,15-,16+,20+/m1/s1. The number of aliphatic hydroxyl groups excluding tert-OH is 1. The lowest BCUT2D eigenvalue weighted by Gasteiger charge is -2.31. The van der Waals surface area contributed by atoms with Crippen LogP contribution in [0.3, 0.4) is 0 Å². The van der Waals surface area contributed by atoms with E-state index in [9.17, 15) is 26.7 Å². The number of hydrogen-bond donors (Lipinski definition) is 2. The van der Waals surface area contributed by atoms with Crippen LogP contribution in [0.5, 0.6) is 5.88 Å². The largest absolute Gasteiger partial charge is 0.481 e. The Morgan fingerprint density at radius 1 is 1.30 bits per heavy atom. The topological polar surface area (TPSA) is 93.6 Å². The summed E-state index contributed by atoms with van der Waals surface area (Å²) in [6, 6.07) is 5.01. The summed E-state index contributed by atoms with van der Waals surface area (Å²) in [6.07, 6.45) is -8.15. The second-order valence-corrected chi connectivity index (χ2v) is 7.78. The van der Waals surface area contributed by atoms with Gasteiger partial charge in [-0.25, -0.2) is 13.8 Å². The van der Waals surface area contributed by atoms with Gasteiger partial charge in [0.25, 0.3) is 12.3 Å². The molecule has 3 heterocycles. The first-order valence-corrected chi connectivity index (χ1v) is 9.87. The summed E-state index contributed by atoms with van der Waals surface area (Å²) in [6.45, 7) is 1.78. The second kappa shape index (κ2) is 9.18. The van der Waals surface area contributed by atoms with Gasteiger partial charge in [0, 0.05) is 17.4 Å². The Bertz CT molecular complexity index is 1000. The number of ether oxygens (including phenoxy) is 2. The molecule has 0 saturated carbocycles. The molecule has 1 saturated heterocycles. The zero-order valence-electron chi connectivity index (χ0n) is 17.9. The Labute approximate surface area is 185 Å². The second-order valence-electron chi connectivity index (χ2n) is 7.78. The van der Waals surface area contributed by atoms with Crippen LogP contribution in [0.4, 0.5) is 27.6 Å². The van der Waals surface area contributed by atoms with Crippen LogP contribution in [0.2, 0.25) is 0 Å². The molecule has 2 aromatic rings. The summed E-state index contributed by atoms with van der Waals surface area (Å²) in [4.78, 5) is 20.6. The summed E-state index contributed by atoms with van der Waals surface area (Å²) in [5, 5.41) is 11.5. The van der Waals surface area contributed by atoms with E-state index in [0.717, 1.165) is 20.1 Å². The predicted octanol–water partition coefficient (Wildman–Crippen LogP) is 3.99. The molecule has 2 N–H and O–H groups in total. The molecule has 1 aliphatic rings. The van der Waals surface area contributed by atoms with Crippen LogP contribution in [0.25, 0.3) is 0 Å². The lowest BCUT2D eigenvalue weighted by atomic mass is 9.77. The molecule has 3 rings (SSSR count). The van der Waals surface area contributed by atoms with Gasteiger partial charge in [0.15, 0.2) is 5.60 Å². The smallest absolute Gasteiger partial charge is 0.417 e. The molecule has 0 radical (unpaired) electrons. The lowest BCUT2D eigenvalue weighted by molar-refractivity contribution is -0.272. The summed E-state index contributed by atoms with van der Waals surface area (Å²) in [5.41, 5.74) is -2.78. The summed E-state index contributed by atoms with van der Waals surface area (Å²) >= 11 is 0. The molecule has 1 amide bonds. The van der Waals surface area contributed by atoms with E-state index in [1.807, 2.05) is 0 Å². The fraction of sp³-hybridized carbons (Fsp3) is 0.476. The van der Waals surface area contributed by atoms with Crippen molar-refractivity contribution in [3.63, 3.8) is 0 Å².